The third-order valence-corrected chi connectivity index (χ3v) is 6.09. The number of anilines is 1. The Morgan fingerprint density at radius 2 is 1.58 bits per heavy atom. The Bertz CT molecular complexity index is 1170. The van der Waals surface area contributed by atoms with E-state index < -0.39 is 18.1 Å². The number of hydroxylamine groups is 2. The predicted octanol–water partition coefficient (Wildman–Crippen LogP) is 3.75. The van der Waals surface area contributed by atoms with Gasteiger partial charge in [0.2, 0.25) is 5.91 Å². The second kappa shape index (κ2) is 8.69. The van der Waals surface area contributed by atoms with Crippen molar-refractivity contribution in [3.8, 4) is 11.5 Å². The summed E-state index contributed by atoms with van der Waals surface area (Å²) in [5, 5.41) is 1.59. The molecule has 2 saturated heterocycles. The van der Waals surface area contributed by atoms with Crippen LogP contribution in [-0.4, -0.2) is 37.1 Å². The molecule has 0 radical (unpaired) electrons. The minimum absolute atomic E-state index is 0.270. The molecular formula is C26H24N2O5. The fourth-order valence-electron chi connectivity index (χ4n) is 4.52. The average molecular weight is 444 g/mol. The van der Waals surface area contributed by atoms with Crippen LogP contribution in [0.4, 0.5) is 5.69 Å². The second-order valence-electron chi connectivity index (χ2n) is 8.07. The summed E-state index contributed by atoms with van der Waals surface area (Å²) >= 11 is 0. The maximum atomic E-state index is 13.4. The molecule has 0 N–H and O–H groups in total. The van der Waals surface area contributed by atoms with Crippen molar-refractivity contribution in [3.63, 3.8) is 0 Å². The molecule has 0 aliphatic carbocycles. The van der Waals surface area contributed by atoms with Crippen LogP contribution in [0.15, 0.2) is 78.9 Å². The van der Waals surface area contributed by atoms with Crippen LogP contribution in [0.2, 0.25) is 0 Å². The van der Waals surface area contributed by atoms with Gasteiger partial charge in [0.25, 0.3) is 5.91 Å². The lowest BCUT2D eigenvalue weighted by Crippen LogP contribution is -2.36. The summed E-state index contributed by atoms with van der Waals surface area (Å²) < 4.78 is 11.5. The number of imide groups is 1. The van der Waals surface area contributed by atoms with Crippen LogP contribution in [0.5, 0.6) is 11.5 Å². The number of hydrogen-bond donors (Lipinski definition) is 0. The number of carbonyl (C=O) groups excluding carboxylic acids is 2. The topological polar surface area (TPSA) is 68.3 Å². The van der Waals surface area contributed by atoms with Gasteiger partial charge in [0.15, 0.2) is 17.6 Å². The summed E-state index contributed by atoms with van der Waals surface area (Å²) in [7, 11) is 3.32. The highest BCUT2D eigenvalue weighted by molar-refractivity contribution is 6.23. The molecule has 168 valence electrons. The van der Waals surface area contributed by atoms with E-state index in [0.29, 0.717) is 23.8 Å². The molecule has 0 aromatic heterocycles. The molecule has 3 atom stereocenters. The number of para-hydroxylation sites is 1. The summed E-state index contributed by atoms with van der Waals surface area (Å²) in [6.45, 7) is 0.409. The highest BCUT2D eigenvalue weighted by Crippen LogP contribution is 2.46. The Kier molecular flexibility index (Phi) is 5.58. The maximum absolute atomic E-state index is 13.4. The first-order valence-electron chi connectivity index (χ1n) is 10.8. The molecule has 2 heterocycles. The number of ether oxygens (including phenoxy) is 2. The molecule has 7 heteroatoms. The Balaban J connectivity index is 1.41. The minimum Gasteiger partial charge on any atom is -0.493 e. The highest BCUT2D eigenvalue weighted by Gasteiger charge is 2.59. The smallest absolute Gasteiger partial charge is 0.265 e. The number of rotatable bonds is 6. The lowest BCUT2D eigenvalue weighted by molar-refractivity contribution is -0.160. The number of carbonyl (C=O) groups is 2. The van der Waals surface area contributed by atoms with Crippen molar-refractivity contribution in [1.29, 1.82) is 0 Å². The van der Waals surface area contributed by atoms with Gasteiger partial charge in [-0.25, -0.2) is 4.90 Å². The quantitative estimate of drug-likeness (QED) is 0.540. The molecule has 2 aliphatic rings. The molecule has 0 bridgehead atoms. The van der Waals surface area contributed by atoms with E-state index in [9.17, 15) is 9.59 Å². The summed E-state index contributed by atoms with van der Waals surface area (Å²) in [6.07, 6.45) is -0.854. The van der Waals surface area contributed by atoms with Gasteiger partial charge in [-0.2, -0.15) is 5.06 Å². The zero-order chi connectivity index (χ0) is 22.9. The van der Waals surface area contributed by atoms with Crippen molar-refractivity contribution < 1.29 is 23.9 Å². The van der Waals surface area contributed by atoms with Gasteiger partial charge in [-0.1, -0.05) is 54.6 Å². The normalized spacial score (nSPS) is 22.5. The van der Waals surface area contributed by atoms with Crippen molar-refractivity contribution in [2.45, 2.75) is 18.8 Å². The SMILES string of the molecule is COc1cc([C@@H]2[C@@H]3C(=O)N(c4ccccc4)C(=O)[C@@H]3ON2C)ccc1OCc1ccccc1. The van der Waals surface area contributed by atoms with Gasteiger partial charge in [-0.15, -0.1) is 0 Å². The minimum atomic E-state index is -0.854. The molecule has 2 fully saturated rings. The lowest BCUT2D eigenvalue weighted by atomic mass is 9.91. The zero-order valence-corrected chi connectivity index (χ0v) is 18.4. The van der Waals surface area contributed by atoms with Crippen LogP contribution in [0, 0.1) is 5.92 Å². The van der Waals surface area contributed by atoms with Crippen LogP contribution >= 0.6 is 0 Å². The maximum Gasteiger partial charge on any atom is 0.265 e. The van der Waals surface area contributed by atoms with Crippen LogP contribution in [0.3, 0.4) is 0 Å². The van der Waals surface area contributed by atoms with Crippen molar-refractivity contribution in [2.75, 3.05) is 19.1 Å². The van der Waals surface area contributed by atoms with Gasteiger partial charge in [-0.05, 0) is 35.4 Å². The highest BCUT2D eigenvalue weighted by atomic mass is 16.7. The van der Waals surface area contributed by atoms with E-state index in [4.69, 9.17) is 14.3 Å². The van der Waals surface area contributed by atoms with Gasteiger partial charge in [0, 0.05) is 7.05 Å². The first-order valence-corrected chi connectivity index (χ1v) is 10.8. The summed E-state index contributed by atoms with van der Waals surface area (Å²) in [5.41, 5.74) is 2.41. The van der Waals surface area contributed by atoms with E-state index in [0.717, 1.165) is 11.1 Å². The Labute approximate surface area is 192 Å². The van der Waals surface area contributed by atoms with Gasteiger partial charge >= 0.3 is 0 Å². The zero-order valence-electron chi connectivity index (χ0n) is 18.4. The van der Waals surface area contributed by atoms with Crippen molar-refractivity contribution in [3.05, 3.63) is 90.0 Å². The van der Waals surface area contributed by atoms with E-state index in [-0.39, 0.29) is 11.8 Å². The molecule has 2 aliphatic heterocycles. The predicted molar refractivity (Wildman–Crippen MR) is 122 cm³/mol. The van der Waals surface area contributed by atoms with Crippen molar-refractivity contribution >= 4 is 17.5 Å². The average Bonchev–Trinajstić information content (AvgIpc) is 3.31. The number of methoxy groups -OCH3 is 1. The summed E-state index contributed by atoms with van der Waals surface area (Å²) in [5.74, 6) is -0.113. The van der Waals surface area contributed by atoms with Crippen molar-refractivity contribution in [2.24, 2.45) is 5.92 Å². The van der Waals surface area contributed by atoms with E-state index >= 15 is 0 Å². The lowest BCUT2D eigenvalue weighted by Gasteiger charge is -2.24. The Hall–Kier alpha value is -3.68. The van der Waals surface area contributed by atoms with E-state index in [1.807, 2.05) is 54.6 Å². The number of amides is 2. The van der Waals surface area contributed by atoms with Crippen LogP contribution < -0.4 is 14.4 Å². The van der Waals surface area contributed by atoms with Crippen LogP contribution in [0.1, 0.15) is 17.2 Å². The molecule has 3 aromatic carbocycles. The molecule has 33 heavy (non-hydrogen) atoms. The van der Waals surface area contributed by atoms with Gasteiger partial charge < -0.3 is 9.47 Å². The third-order valence-electron chi connectivity index (χ3n) is 6.09. The number of hydrogen-bond acceptors (Lipinski definition) is 6. The monoisotopic (exact) mass is 444 g/mol. The van der Waals surface area contributed by atoms with E-state index in [1.165, 1.54) is 4.90 Å². The largest absolute Gasteiger partial charge is 0.493 e. The van der Waals surface area contributed by atoms with Crippen LogP contribution in [-0.2, 0) is 21.0 Å². The molecule has 2 amide bonds. The third kappa shape index (κ3) is 3.75. The summed E-state index contributed by atoms with van der Waals surface area (Å²) in [6, 6.07) is 23.9. The van der Waals surface area contributed by atoms with Gasteiger partial charge in [-0.3, -0.25) is 14.4 Å². The first-order chi connectivity index (χ1) is 16.1. The number of benzene rings is 3. The summed E-state index contributed by atoms with van der Waals surface area (Å²) in [4.78, 5) is 33.4. The molecule has 0 saturated carbocycles. The molecule has 0 unspecified atom stereocenters. The van der Waals surface area contributed by atoms with E-state index in [2.05, 4.69) is 0 Å². The first kappa shape index (κ1) is 21.2. The van der Waals surface area contributed by atoms with Crippen LogP contribution in [0.25, 0.3) is 0 Å². The number of nitrogens with zero attached hydrogens (tertiary/aromatic N) is 2. The Morgan fingerprint density at radius 3 is 2.27 bits per heavy atom. The fraction of sp³-hybridized carbons (Fsp3) is 0.231. The second-order valence-corrected chi connectivity index (χ2v) is 8.07. The number of fused-ring (bicyclic) bond motifs is 1. The standard InChI is InChI=1S/C26H24N2O5/c1-27-23(22-24(33-27)26(30)28(25(22)29)19-11-7-4-8-12-19)18-13-14-20(21(15-18)31-2)32-16-17-9-5-3-6-10-17/h3-15,22-24H,16H2,1-2H3/t22-,23+,24+/m0/s1. The molecule has 5 rings (SSSR count). The molecule has 0 spiro atoms. The molecular weight excluding hydrogens is 420 g/mol. The van der Waals surface area contributed by atoms with Crippen molar-refractivity contribution in [1.82, 2.24) is 5.06 Å². The van der Waals surface area contributed by atoms with E-state index in [1.54, 1.807) is 43.5 Å². The fourth-order valence-corrected chi connectivity index (χ4v) is 4.52. The van der Waals surface area contributed by atoms with Gasteiger partial charge in [0.05, 0.1) is 24.8 Å². The molecule has 3 aromatic rings. The van der Waals surface area contributed by atoms with Gasteiger partial charge in [0.1, 0.15) is 6.61 Å². The Morgan fingerprint density at radius 1 is 0.879 bits per heavy atom. The molecule has 7 nitrogen and oxygen atoms in total.